The monoisotopic (exact) mass is 303 g/mol. The highest BCUT2D eigenvalue weighted by Crippen LogP contribution is 2.36. The molecule has 0 unspecified atom stereocenters. The number of benzene rings is 1. The van der Waals surface area contributed by atoms with Gasteiger partial charge in [-0.3, -0.25) is 4.79 Å². The predicted molar refractivity (Wildman–Crippen MR) is 86.9 cm³/mol. The van der Waals surface area contributed by atoms with E-state index in [1.165, 1.54) is 0 Å². The summed E-state index contributed by atoms with van der Waals surface area (Å²) in [7, 11) is 1.68. The van der Waals surface area contributed by atoms with Gasteiger partial charge in [-0.25, -0.2) is 0 Å². The molecule has 4 heteroatoms. The zero-order chi connectivity index (χ0) is 15.0. The number of amides is 1. The van der Waals surface area contributed by atoms with Crippen LogP contribution in [0.1, 0.15) is 41.9 Å². The molecule has 0 bridgehead atoms. The SMILES string of the molecule is COCc1c(C(=O)N(C(C)C)C2CC2)sc2ccccc12. The van der Waals surface area contributed by atoms with Crippen LogP contribution in [0.5, 0.6) is 0 Å². The maximum Gasteiger partial charge on any atom is 0.264 e. The van der Waals surface area contributed by atoms with Gasteiger partial charge in [0, 0.05) is 29.5 Å². The number of nitrogens with zero attached hydrogens (tertiary/aromatic N) is 1. The molecule has 1 aromatic heterocycles. The van der Waals surface area contributed by atoms with Crippen LogP contribution >= 0.6 is 11.3 Å². The van der Waals surface area contributed by atoms with E-state index in [1.54, 1.807) is 18.4 Å². The van der Waals surface area contributed by atoms with E-state index < -0.39 is 0 Å². The maximum atomic E-state index is 13.0. The largest absolute Gasteiger partial charge is 0.380 e. The molecule has 21 heavy (non-hydrogen) atoms. The summed E-state index contributed by atoms with van der Waals surface area (Å²) in [6.07, 6.45) is 2.27. The number of ether oxygens (including phenoxy) is 1. The van der Waals surface area contributed by atoms with Crippen molar-refractivity contribution in [3.05, 3.63) is 34.7 Å². The van der Waals surface area contributed by atoms with E-state index in [4.69, 9.17) is 4.74 Å². The van der Waals surface area contributed by atoms with Gasteiger partial charge < -0.3 is 9.64 Å². The number of fused-ring (bicyclic) bond motifs is 1. The number of carbonyl (C=O) groups excluding carboxylic acids is 1. The fourth-order valence-electron chi connectivity index (χ4n) is 2.85. The number of carbonyl (C=O) groups is 1. The predicted octanol–water partition coefficient (Wildman–Crippen LogP) is 4.06. The Hall–Kier alpha value is -1.39. The molecule has 3 rings (SSSR count). The third-order valence-corrected chi connectivity index (χ3v) is 5.11. The van der Waals surface area contributed by atoms with Crippen LogP contribution < -0.4 is 0 Å². The van der Waals surface area contributed by atoms with Crippen LogP contribution in [0.4, 0.5) is 0 Å². The Balaban J connectivity index is 2.05. The summed E-state index contributed by atoms with van der Waals surface area (Å²) in [5.74, 6) is 0.167. The average molecular weight is 303 g/mol. The van der Waals surface area contributed by atoms with Gasteiger partial charge in [-0.1, -0.05) is 18.2 Å². The Morgan fingerprint density at radius 3 is 2.71 bits per heavy atom. The van der Waals surface area contributed by atoms with Crippen molar-refractivity contribution >= 4 is 27.3 Å². The molecule has 0 saturated heterocycles. The molecule has 1 heterocycles. The second-order valence-corrected chi connectivity index (χ2v) is 6.93. The molecule has 1 saturated carbocycles. The van der Waals surface area contributed by atoms with Crippen LogP contribution in [0.25, 0.3) is 10.1 Å². The number of hydrogen-bond acceptors (Lipinski definition) is 3. The lowest BCUT2D eigenvalue weighted by Gasteiger charge is -2.26. The fourth-order valence-corrected chi connectivity index (χ4v) is 4.00. The second kappa shape index (κ2) is 5.78. The van der Waals surface area contributed by atoms with E-state index in [-0.39, 0.29) is 11.9 Å². The first kappa shape index (κ1) is 14.5. The summed E-state index contributed by atoms with van der Waals surface area (Å²) in [4.78, 5) is 15.9. The average Bonchev–Trinajstić information content (AvgIpc) is 3.21. The molecule has 2 aromatic rings. The first-order valence-electron chi connectivity index (χ1n) is 7.45. The summed E-state index contributed by atoms with van der Waals surface area (Å²) in [5.41, 5.74) is 1.04. The van der Waals surface area contributed by atoms with Gasteiger partial charge in [0.1, 0.15) is 0 Å². The van der Waals surface area contributed by atoms with E-state index in [2.05, 4.69) is 26.0 Å². The van der Waals surface area contributed by atoms with E-state index in [9.17, 15) is 4.79 Å². The fraction of sp³-hybridized carbons (Fsp3) is 0.471. The standard InChI is InChI=1S/C17H21NO2S/c1-11(2)18(12-8-9-12)17(19)16-14(10-20-3)13-6-4-5-7-15(13)21-16/h4-7,11-12H,8-10H2,1-3H3. The molecule has 1 fully saturated rings. The van der Waals surface area contributed by atoms with Crippen molar-refractivity contribution in [3.63, 3.8) is 0 Å². The number of thiophene rings is 1. The molecule has 1 aromatic carbocycles. The Labute approximate surface area is 129 Å². The van der Waals surface area contributed by atoms with Crippen molar-refractivity contribution in [3.8, 4) is 0 Å². The smallest absolute Gasteiger partial charge is 0.264 e. The third kappa shape index (κ3) is 2.70. The molecular weight excluding hydrogens is 282 g/mol. The molecule has 1 aliphatic carbocycles. The molecule has 0 N–H and O–H groups in total. The third-order valence-electron chi connectivity index (χ3n) is 3.91. The first-order chi connectivity index (χ1) is 10.1. The molecule has 1 aliphatic rings. The minimum Gasteiger partial charge on any atom is -0.380 e. The molecule has 3 nitrogen and oxygen atoms in total. The van der Waals surface area contributed by atoms with E-state index >= 15 is 0 Å². The lowest BCUT2D eigenvalue weighted by Crippen LogP contribution is -2.38. The van der Waals surface area contributed by atoms with Gasteiger partial charge in [0.05, 0.1) is 11.5 Å². The molecular formula is C17H21NO2S. The van der Waals surface area contributed by atoms with Gasteiger partial charge in [0.25, 0.3) is 5.91 Å². The lowest BCUT2D eigenvalue weighted by molar-refractivity contribution is 0.0691. The van der Waals surface area contributed by atoms with Crippen LogP contribution in [-0.2, 0) is 11.3 Å². The van der Waals surface area contributed by atoms with Crippen molar-refractivity contribution in [1.29, 1.82) is 0 Å². The Kier molecular flexibility index (Phi) is 4.00. The normalized spacial score (nSPS) is 14.9. The molecule has 0 atom stereocenters. The zero-order valence-corrected chi connectivity index (χ0v) is 13.6. The van der Waals surface area contributed by atoms with Gasteiger partial charge in [-0.15, -0.1) is 11.3 Å². The highest BCUT2D eigenvalue weighted by molar-refractivity contribution is 7.21. The van der Waals surface area contributed by atoms with Gasteiger partial charge >= 0.3 is 0 Å². The van der Waals surface area contributed by atoms with Crippen LogP contribution in [0, 0.1) is 0 Å². The molecule has 112 valence electrons. The van der Waals surface area contributed by atoms with Gasteiger partial charge in [-0.05, 0) is 38.1 Å². The number of methoxy groups -OCH3 is 1. The van der Waals surface area contributed by atoms with E-state index in [0.29, 0.717) is 12.6 Å². The molecule has 1 amide bonds. The highest BCUT2D eigenvalue weighted by atomic mass is 32.1. The molecule has 0 spiro atoms. The van der Waals surface area contributed by atoms with Crippen molar-refractivity contribution in [1.82, 2.24) is 4.90 Å². The van der Waals surface area contributed by atoms with Crippen molar-refractivity contribution in [2.75, 3.05) is 7.11 Å². The van der Waals surface area contributed by atoms with Crippen LogP contribution in [-0.4, -0.2) is 30.0 Å². The van der Waals surface area contributed by atoms with Gasteiger partial charge in [0.15, 0.2) is 0 Å². The van der Waals surface area contributed by atoms with Crippen LogP contribution in [0.3, 0.4) is 0 Å². The van der Waals surface area contributed by atoms with Gasteiger partial charge in [0.2, 0.25) is 0 Å². The van der Waals surface area contributed by atoms with Crippen molar-refractivity contribution in [2.45, 2.75) is 45.4 Å². The Morgan fingerprint density at radius 1 is 1.38 bits per heavy atom. The molecule has 0 aliphatic heterocycles. The summed E-state index contributed by atoms with van der Waals surface area (Å²) in [6.45, 7) is 4.68. The summed E-state index contributed by atoms with van der Waals surface area (Å²) < 4.78 is 6.50. The minimum atomic E-state index is 0.167. The minimum absolute atomic E-state index is 0.167. The Bertz CT molecular complexity index is 656. The zero-order valence-electron chi connectivity index (χ0n) is 12.8. The number of rotatable bonds is 5. The summed E-state index contributed by atoms with van der Waals surface area (Å²) in [5, 5.41) is 1.15. The second-order valence-electron chi connectivity index (χ2n) is 5.88. The summed E-state index contributed by atoms with van der Waals surface area (Å²) >= 11 is 1.59. The van der Waals surface area contributed by atoms with E-state index in [0.717, 1.165) is 33.4 Å². The summed E-state index contributed by atoms with van der Waals surface area (Å²) in [6, 6.07) is 8.86. The maximum absolute atomic E-state index is 13.0. The van der Waals surface area contributed by atoms with E-state index in [1.807, 2.05) is 17.0 Å². The quantitative estimate of drug-likeness (QED) is 0.833. The van der Waals surface area contributed by atoms with Crippen molar-refractivity contribution in [2.24, 2.45) is 0 Å². The van der Waals surface area contributed by atoms with Gasteiger partial charge in [-0.2, -0.15) is 0 Å². The molecule has 0 radical (unpaired) electrons. The van der Waals surface area contributed by atoms with Crippen LogP contribution in [0.15, 0.2) is 24.3 Å². The first-order valence-corrected chi connectivity index (χ1v) is 8.27. The Morgan fingerprint density at radius 2 is 2.10 bits per heavy atom. The van der Waals surface area contributed by atoms with Crippen LogP contribution in [0.2, 0.25) is 0 Å². The van der Waals surface area contributed by atoms with Crippen molar-refractivity contribution < 1.29 is 9.53 Å². The number of hydrogen-bond donors (Lipinski definition) is 0. The topological polar surface area (TPSA) is 29.5 Å². The highest BCUT2D eigenvalue weighted by Gasteiger charge is 2.36. The lowest BCUT2D eigenvalue weighted by atomic mass is 10.1.